The van der Waals surface area contributed by atoms with Crippen molar-refractivity contribution in [3.8, 4) is 5.75 Å². The van der Waals surface area contributed by atoms with Gasteiger partial charge in [0.1, 0.15) is 11.6 Å². The molecule has 0 aromatic heterocycles. The molecule has 5 heteroatoms. The maximum absolute atomic E-state index is 13.5. The van der Waals surface area contributed by atoms with Crippen LogP contribution in [0.4, 0.5) is 10.1 Å². The van der Waals surface area contributed by atoms with E-state index in [9.17, 15) is 9.50 Å². The molecule has 2 aliphatic heterocycles. The van der Waals surface area contributed by atoms with Crippen LogP contribution in [0.5, 0.6) is 5.75 Å². The van der Waals surface area contributed by atoms with E-state index in [0.717, 1.165) is 62.3 Å². The predicted octanol–water partition coefficient (Wildman–Crippen LogP) is 3.37. The lowest BCUT2D eigenvalue weighted by Crippen LogP contribution is -2.47. The van der Waals surface area contributed by atoms with Gasteiger partial charge in [0.25, 0.3) is 0 Å². The Labute approximate surface area is 165 Å². The van der Waals surface area contributed by atoms with Crippen molar-refractivity contribution in [2.24, 2.45) is 0 Å². The first-order valence-corrected chi connectivity index (χ1v) is 10.4. The van der Waals surface area contributed by atoms with Crippen LogP contribution in [0, 0.1) is 5.82 Å². The first kappa shape index (κ1) is 18.0. The molecule has 0 saturated carbocycles. The van der Waals surface area contributed by atoms with Gasteiger partial charge in [-0.15, -0.1) is 0 Å². The van der Waals surface area contributed by atoms with Gasteiger partial charge in [-0.3, -0.25) is 0 Å². The van der Waals surface area contributed by atoms with Crippen LogP contribution in [0.1, 0.15) is 42.1 Å². The fourth-order valence-corrected chi connectivity index (χ4v) is 4.97. The van der Waals surface area contributed by atoms with E-state index in [2.05, 4.69) is 28.4 Å². The molecule has 0 radical (unpaired) electrons. The van der Waals surface area contributed by atoms with E-state index >= 15 is 0 Å². The third-order valence-electron chi connectivity index (χ3n) is 6.44. The minimum absolute atomic E-state index is 0.0267. The first-order valence-electron chi connectivity index (χ1n) is 10.4. The van der Waals surface area contributed by atoms with Gasteiger partial charge in [-0.2, -0.15) is 0 Å². The number of fused-ring (bicyclic) bond motifs is 2. The SMILES string of the molecule is O[C@H]1c2ccc(F)cc2C[C@H]1NC1CCN(c2cccc3c2OCCC3)CC1. The number of halogens is 1. The highest BCUT2D eigenvalue weighted by Crippen LogP contribution is 2.37. The molecule has 4 nitrogen and oxygen atoms in total. The smallest absolute Gasteiger partial charge is 0.145 e. The lowest BCUT2D eigenvalue weighted by atomic mass is 10.00. The van der Waals surface area contributed by atoms with Crippen LogP contribution in [0.2, 0.25) is 0 Å². The number of nitrogens with one attached hydrogen (secondary N) is 1. The van der Waals surface area contributed by atoms with Crippen molar-refractivity contribution in [3.63, 3.8) is 0 Å². The number of aliphatic hydroxyl groups is 1. The Kier molecular flexibility index (Phi) is 4.73. The number of piperidine rings is 1. The number of benzene rings is 2. The van der Waals surface area contributed by atoms with Crippen LogP contribution in [-0.2, 0) is 12.8 Å². The van der Waals surface area contributed by atoms with Gasteiger partial charge >= 0.3 is 0 Å². The summed E-state index contributed by atoms with van der Waals surface area (Å²) in [5.74, 6) is 0.845. The molecule has 2 heterocycles. The summed E-state index contributed by atoms with van der Waals surface area (Å²) in [4.78, 5) is 2.43. The number of aliphatic hydroxyl groups excluding tert-OH is 1. The molecule has 0 amide bonds. The molecule has 2 atom stereocenters. The Bertz CT molecular complexity index is 864. The number of nitrogens with zero attached hydrogens (tertiary/aromatic N) is 1. The Morgan fingerprint density at radius 2 is 1.96 bits per heavy atom. The first-order chi connectivity index (χ1) is 13.7. The van der Waals surface area contributed by atoms with E-state index in [0.29, 0.717) is 12.5 Å². The highest BCUT2D eigenvalue weighted by molar-refractivity contribution is 5.62. The zero-order valence-corrected chi connectivity index (χ0v) is 16.0. The molecular weight excluding hydrogens is 355 g/mol. The molecular formula is C23H27FN2O2. The van der Waals surface area contributed by atoms with Gasteiger partial charge in [0, 0.05) is 25.2 Å². The molecule has 1 saturated heterocycles. The molecule has 28 heavy (non-hydrogen) atoms. The van der Waals surface area contributed by atoms with E-state index in [1.807, 2.05) is 0 Å². The van der Waals surface area contributed by atoms with Gasteiger partial charge in [-0.25, -0.2) is 4.39 Å². The number of ether oxygens (including phenoxy) is 1. The van der Waals surface area contributed by atoms with Crippen molar-refractivity contribution in [2.45, 2.75) is 50.3 Å². The molecule has 2 aromatic rings. The van der Waals surface area contributed by atoms with E-state index in [1.54, 1.807) is 12.1 Å². The van der Waals surface area contributed by atoms with Crippen LogP contribution >= 0.6 is 0 Å². The summed E-state index contributed by atoms with van der Waals surface area (Å²) in [5, 5.41) is 14.3. The number of aryl methyl sites for hydroxylation is 1. The maximum Gasteiger partial charge on any atom is 0.145 e. The number of para-hydroxylation sites is 1. The monoisotopic (exact) mass is 382 g/mol. The van der Waals surface area contributed by atoms with Gasteiger partial charge in [-0.05, 0) is 67.0 Å². The van der Waals surface area contributed by atoms with E-state index in [-0.39, 0.29) is 11.9 Å². The summed E-state index contributed by atoms with van der Waals surface area (Å²) in [6, 6.07) is 11.5. The van der Waals surface area contributed by atoms with Crippen LogP contribution < -0.4 is 15.0 Å². The Morgan fingerprint density at radius 1 is 1.11 bits per heavy atom. The van der Waals surface area contributed by atoms with Crippen LogP contribution in [0.15, 0.2) is 36.4 Å². The van der Waals surface area contributed by atoms with Gasteiger partial charge in [0.2, 0.25) is 0 Å². The van der Waals surface area contributed by atoms with Crippen molar-refractivity contribution < 1.29 is 14.2 Å². The highest BCUT2D eigenvalue weighted by atomic mass is 19.1. The van der Waals surface area contributed by atoms with Crippen molar-refractivity contribution >= 4 is 5.69 Å². The molecule has 0 spiro atoms. The number of rotatable bonds is 3. The van der Waals surface area contributed by atoms with E-state index < -0.39 is 6.10 Å². The van der Waals surface area contributed by atoms with Crippen LogP contribution in [-0.4, -0.2) is 36.9 Å². The summed E-state index contributed by atoms with van der Waals surface area (Å²) >= 11 is 0. The summed E-state index contributed by atoms with van der Waals surface area (Å²) in [6.07, 6.45) is 4.38. The van der Waals surface area contributed by atoms with Crippen molar-refractivity contribution in [2.75, 3.05) is 24.6 Å². The predicted molar refractivity (Wildman–Crippen MR) is 107 cm³/mol. The molecule has 2 N–H and O–H groups in total. The second kappa shape index (κ2) is 7.37. The fourth-order valence-electron chi connectivity index (χ4n) is 4.97. The summed E-state index contributed by atoms with van der Waals surface area (Å²) in [5.41, 5.74) is 4.34. The molecule has 148 valence electrons. The summed E-state index contributed by atoms with van der Waals surface area (Å²) in [6.45, 7) is 2.76. The molecule has 0 unspecified atom stereocenters. The topological polar surface area (TPSA) is 44.7 Å². The Balaban J connectivity index is 1.22. The van der Waals surface area contributed by atoms with Gasteiger partial charge < -0.3 is 20.1 Å². The third kappa shape index (κ3) is 3.27. The second-order valence-electron chi connectivity index (χ2n) is 8.24. The van der Waals surface area contributed by atoms with Crippen molar-refractivity contribution in [1.82, 2.24) is 5.32 Å². The van der Waals surface area contributed by atoms with Gasteiger partial charge in [0.05, 0.1) is 18.4 Å². The van der Waals surface area contributed by atoms with Crippen LogP contribution in [0.3, 0.4) is 0 Å². The average Bonchev–Trinajstić information content (AvgIpc) is 3.02. The lowest BCUT2D eigenvalue weighted by molar-refractivity contribution is 0.132. The Hall–Kier alpha value is -2.11. The van der Waals surface area contributed by atoms with Gasteiger partial charge in [-0.1, -0.05) is 18.2 Å². The van der Waals surface area contributed by atoms with Crippen molar-refractivity contribution in [3.05, 3.63) is 58.9 Å². The zero-order chi connectivity index (χ0) is 19.1. The molecule has 5 rings (SSSR count). The lowest BCUT2D eigenvalue weighted by Gasteiger charge is -2.37. The molecule has 2 aromatic carbocycles. The summed E-state index contributed by atoms with van der Waals surface area (Å²) in [7, 11) is 0. The average molecular weight is 382 g/mol. The second-order valence-corrected chi connectivity index (χ2v) is 8.24. The fraction of sp³-hybridized carbons (Fsp3) is 0.478. The van der Waals surface area contributed by atoms with E-state index in [1.165, 1.54) is 17.3 Å². The third-order valence-corrected chi connectivity index (χ3v) is 6.44. The molecule has 1 fully saturated rings. The van der Waals surface area contributed by atoms with Gasteiger partial charge in [0.15, 0.2) is 0 Å². The number of hydrogen-bond acceptors (Lipinski definition) is 4. The van der Waals surface area contributed by atoms with Crippen molar-refractivity contribution in [1.29, 1.82) is 0 Å². The quantitative estimate of drug-likeness (QED) is 0.854. The van der Waals surface area contributed by atoms with Crippen LogP contribution in [0.25, 0.3) is 0 Å². The molecule has 3 aliphatic rings. The minimum atomic E-state index is -0.553. The van der Waals surface area contributed by atoms with E-state index in [4.69, 9.17) is 4.74 Å². The molecule has 0 bridgehead atoms. The summed E-state index contributed by atoms with van der Waals surface area (Å²) < 4.78 is 19.5. The zero-order valence-electron chi connectivity index (χ0n) is 16.0. The normalized spacial score (nSPS) is 24.6. The largest absolute Gasteiger partial charge is 0.491 e. The minimum Gasteiger partial charge on any atom is -0.491 e. The molecule has 1 aliphatic carbocycles. The highest BCUT2D eigenvalue weighted by Gasteiger charge is 2.33. The Morgan fingerprint density at radius 3 is 2.82 bits per heavy atom. The number of hydrogen-bond donors (Lipinski definition) is 2. The number of anilines is 1. The standard InChI is InChI=1S/C23H27FN2O2/c24-17-6-7-19-16(13-17)14-20(22(19)27)25-18-8-10-26(11-9-18)21-5-1-3-15-4-2-12-28-23(15)21/h1,3,5-7,13,18,20,22,25,27H,2,4,8-12,14H2/t20-,22+/m1/s1. The maximum atomic E-state index is 13.5.